The van der Waals surface area contributed by atoms with Gasteiger partial charge in [0, 0.05) is 69.1 Å². The molecule has 134 heavy (non-hydrogen) atoms. The van der Waals surface area contributed by atoms with E-state index < -0.39 is 290 Å². The van der Waals surface area contributed by atoms with E-state index >= 15 is 0 Å². The van der Waals surface area contributed by atoms with Crippen molar-refractivity contribution in [3.05, 3.63) is 65.7 Å². The first-order valence-electron chi connectivity index (χ1n) is 43.7. The second kappa shape index (κ2) is 57.9. The molecule has 2 saturated heterocycles. The second-order valence-corrected chi connectivity index (χ2v) is 33.7. The number of aliphatic hydroxyl groups excluding tert-OH is 2. The number of aliphatic hydroxyl groups is 2. The maximum absolute atomic E-state index is 15.0. The van der Waals surface area contributed by atoms with E-state index in [1.54, 1.807) is 58.0 Å². The minimum Gasteiger partial charge on any atom is -0.508 e. The van der Waals surface area contributed by atoms with E-state index in [-0.39, 0.29) is 108 Å². The lowest BCUT2D eigenvalue weighted by Gasteiger charge is -2.32. The number of hydrogen-bond acceptors (Lipinski definition) is 28. The summed E-state index contributed by atoms with van der Waals surface area (Å²) in [7, 11) is 0. The molecule has 0 unspecified atom stereocenters. The maximum Gasteiger partial charge on any atom is 0.303 e. The first kappa shape index (κ1) is 114. The van der Waals surface area contributed by atoms with Crippen molar-refractivity contribution in [3.63, 3.8) is 0 Å². The standard InChI is InChI=1S/C83H130N24O24S3/c1-7-41(3)63(78(128)98-53(35-45-16-10-9-11-17-45)80(130)106-32-14-20-58(106)75(125)101-55(38-132)67(117)92-36-60(85)111)103-71(121)51(27-29-62(114)115)95-77(127)64(42(4)8-2)104-76(126)59-21-15-33-107(59)81(131)57(40-134)102-72(122)52(34-46-22-24-47(110)25-23-46)97-69(119)49(19-13-31-91-83(88)89)93-68(118)48(18-12-30-90-82(86)87)94-70(120)50(26-28-61(112)113)96-79(129)65(44(6)109)105-73(123)54(37-108)99-74(124)56(39-133)100-66(116)43(5)84/h9-11,16-17,22-25,41-44,48-59,63-65,108-110,132-134H,7-8,12-15,18-21,26-40,84H2,1-6H3,(H2,85,111)(H,92,117)(H,93,118)(H,94,120)(H,95,127)(H,96,129)(H,97,119)(H,98,128)(H,99,124)(H,100,116)(H,101,125)(H,102,122)(H,103,121)(H,104,126)(H,105,123)(H,112,113)(H,114,115)(H4,86,87,90)(H4,88,89,91)/t41-,42-,43-,44+,48-,49-,50-,51-,52-,53-,54-,55-,56-,57-,58-,59-,63-,64-,65-/m0/s1. The Morgan fingerprint density at radius 1 is 0.425 bits per heavy atom. The molecule has 2 fully saturated rings. The second-order valence-electron chi connectivity index (χ2n) is 32.6. The number of aliphatic carboxylic acids is 2. The summed E-state index contributed by atoms with van der Waals surface area (Å²) < 4.78 is 0. The maximum atomic E-state index is 15.0. The lowest BCUT2D eigenvalue weighted by molar-refractivity contribution is -0.143. The molecule has 19 atom stereocenters. The van der Waals surface area contributed by atoms with Gasteiger partial charge in [0.2, 0.25) is 100 Å². The van der Waals surface area contributed by atoms with Gasteiger partial charge in [0.1, 0.15) is 96.4 Å². The van der Waals surface area contributed by atoms with Crippen molar-refractivity contribution in [3.8, 4) is 5.75 Å². The Bertz CT molecular complexity index is 4410. The zero-order valence-electron chi connectivity index (χ0n) is 75.4. The molecule has 2 heterocycles. The van der Waals surface area contributed by atoms with Crippen LogP contribution in [0.2, 0.25) is 0 Å². The first-order chi connectivity index (χ1) is 63.3. The number of phenolic OH excluding ortho intramolecular Hbond substituents is 1. The SMILES string of the molecule is CC[C@H](C)[C@H](NC(=O)[C@H](CCC(=O)O)NC(=O)[C@@H](NC(=O)[C@@H]1CCCN1C(=O)[C@H](CS)NC(=O)[C@H](Cc1ccc(O)cc1)NC(=O)[C@H](CCCNC(=N)N)NC(=O)[C@H](CCCNC(=N)N)NC(=O)[C@H](CCC(=O)O)NC(=O)[C@@H](NC(=O)[C@H](CO)NC(=O)[C@H](CS)NC(=O)[C@H](C)N)[C@@H](C)O)[C@@H](C)CC)C(=O)N[C@@H](Cc1ccccc1)C(=O)N1CCC[C@H]1C(=O)N[C@@H](CS)C(=O)NCC(N)=O. The number of rotatable bonds is 58. The van der Waals surface area contributed by atoms with Gasteiger partial charge in [0.25, 0.3) is 0 Å². The van der Waals surface area contributed by atoms with Gasteiger partial charge in [-0.05, 0) is 113 Å². The largest absolute Gasteiger partial charge is 0.508 e. The van der Waals surface area contributed by atoms with Crippen LogP contribution in [0.5, 0.6) is 5.75 Å². The van der Waals surface area contributed by atoms with Gasteiger partial charge in [-0.2, -0.15) is 37.9 Å². The van der Waals surface area contributed by atoms with E-state index in [4.69, 9.17) is 33.8 Å². The lowest BCUT2D eigenvalue weighted by atomic mass is 9.95. The van der Waals surface area contributed by atoms with Gasteiger partial charge in [0.15, 0.2) is 11.9 Å². The molecule has 51 heteroatoms. The molecule has 0 bridgehead atoms. The number of amides is 17. The van der Waals surface area contributed by atoms with Crippen LogP contribution in [0.25, 0.3) is 0 Å². The molecule has 2 aromatic carbocycles. The number of primary amides is 1. The third-order valence-corrected chi connectivity index (χ3v) is 23.2. The number of carbonyl (C=O) groups excluding carboxylic acids is 17. The van der Waals surface area contributed by atoms with E-state index in [1.807, 2.05) is 0 Å². The number of carboxylic acid groups (broad SMARTS) is 2. The van der Waals surface area contributed by atoms with Crippen LogP contribution >= 0.6 is 37.9 Å². The smallest absolute Gasteiger partial charge is 0.303 e. The molecule has 0 spiro atoms. The number of hydrogen-bond donors (Lipinski definition) is 30. The third-order valence-electron chi connectivity index (χ3n) is 22.1. The fourth-order valence-corrected chi connectivity index (χ4v) is 14.9. The Morgan fingerprint density at radius 2 is 0.784 bits per heavy atom. The molecule has 4 rings (SSSR count). The van der Waals surface area contributed by atoms with Crippen molar-refractivity contribution in [2.75, 3.05) is 56.6 Å². The summed E-state index contributed by atoms with van der Waals surface area (Å²) in [4.78, 5) is 266. The molecule has 17 amide bonds. The summed E-state index contributed by atoms with van der Waals surface area (Å²) in [6.45, 7) is 7.05. The van der Waals surface area contributed by atoms with Crippen LogP contribution in [0.15, 0.2) is 54.6 Å². The Morgan fingerprint density at radius 3 is 1.22 bits per heavy atom. The highest BCUT2D eigenvalue weighted by Gasteiger charge is 2.45. The van der Waals surface area contributed by atoms with Crippen molar-refractivity contribution >= 4 is 162 Å². The van der Waals surface area contributed by atoms with Gasteiger partial charge in [-0.1, -0.05) is 83.0 Å². The predicted molar refractivity (Wildman–Crippen MR) is 494 cm³/mol. The van der Waals surface area contributed by atoms with Crippen LogP contribution in [-0.4, -0.2) is 319 Å². The van der Waals surface area contributed by atoms with Crippen molar-refractivity contribution in [1.82, 2.24) is 94.9 Å². The van der Waals surface area contributed by atoms with Crippen molar-refractivity contribution in [1.29, 1.82) is 10.8 Å². The number of carbonyl (C=O) groups is 19. The zero-order valence-corrected chi connectivity index (χ0v) is 78.1. The third kappa shape index (κ3) is 38.0. The van der Waals surface area contributed by atoms with E-state index in [2.05, 4.69) is 123 Å². The summed E-state index contributed by atoms with van der Waals surface area (Å²) in [5.41, 5.74) is 22.7. The number of nitrogens with one attached hydrogen (secondary N) is 18. The Kier molecular flexibility index (Phi) is 49.3. The van der Waals surface area contributed by atoms with Gasteiger partial charge in [0.05, 0.1) is 25.3 Å². The topological polar surface area (TPSA) is 776 Å². The highest BCUT2D eigenvalue weighted by atomic mass is 32.1. The monoisotopic (exact) mass is 1940 g/mol. The Balaban J connectivity index is 1.64. The highest BCUT2D eigenvalue weighted by Crippen LogP contribution is 2.24. The fourth-order valence-electron chi connectivity index (χ4n) is 14.2. The molecule has 0 radical (unpaired) electrons. The van der Waals surface area contributed by atoms with Gasteiger partial charge in [-0.15, -0.1) is 0 Å². The summed E-state index contributed by atoms with van der Waals surface area (Å²) in [6.07, 6.45) is -4.89. The number of guanidine groups is 2. The lowest BCUT2D eigenvalue weighted by Crippen LogP contribution is -2.62. The van der Waals surface area contributed by atoms with Crippen LogP contribution in [0.1, 0.15) is 143 Å². The molecule has 31 N–H and O–H groups in total. The number of phenols is 1. The van der Waals surface area contributed by atoms with Crippen LogP contribution < -0.4 is 108 Å². The molecule has 0 aliphatic carbocycles. The van der Waals surface area contributed by atoms with Crippen molar-refractivity contribution in [2.24, 2.45) is 34.8 Å². The average Bonchev–Trinajstić information content (AvgIpc) is 1.66. The van der Waals surface area contributed by atoms with Gasteiger partial charge < -0.3 is 143 Å². The number of benzene rings is 2. The van der Waals surface area contributed by atoms with E-state index in [0.29, 0.717) is 17.5 Å². The Labute approximate surface area is 790 Å². The van der Waals surface area contributed by atoms with Crippen molar-refractivity contribution in [2.45, 2.75) is 247 Å². The van der Waals surface area contributed by atoms with Crippen LogP contribution in [0.3, 0.4) is 0 Å². The summed E-state index contributed by atoms with van der Waals surface area (Å²) in [5, 5.41) is 106. The van der Waals surface area contributed by atoms with Crippen LogP contribution in [-0.2, 0) is 104 Å². The molecular formula is C83H130N24O24S3. The molecule has 2 aromatic rings. The molecule has 744 valence electrons. The summed E-state index contributed by atoms with van der Waals surface area (Å²) >= 11 is 12.6. The van der Waals surface area contributed by atoms with Crippen LogP contribution in [0.4, 0.5) is 0 Å². The molecule has 2 aliphatic heterocycles. The number of likely N-dealkylation sites (tertiary alicyclic amines) is 2. The molecular weight excluding hydrogens is 1810 g/mol. The molecule has 0 aromatic heterocycles. The summed E-state index contributed by atoms with van der Waals surface area (Å²) in [6, 6.07) is -10.9. The molecule has 0 saturated carbocycles. The highest BCUT2D eigenvalue weighted by molar-refractivity contribution is 7.80. The van der Waals surface area contributed by atoms with E-state index in [1.165, 1.54) is 36.1 Å². The predicted octanol–water partition coefficient (Wildman–Crippen LogP) is -8.08. The zero-order chi connectivity index (χ0) is 100. The first-order valence-corrected chi connectivity index (χ1v) is 45.6. The van der Waals surface area contributed by atoms with E-state index in [0.717, 1.165) is 11.8 Å². The van der Waals surface area contributed by atoms with Crippen LogP contribution in [0, 0.1) is 22.7 Å². The van der Waals surface area contributed by atoms with Gasteiger partial charge >= 0.3 is 11.9 Å². The van der Waals surface area contributed by atoms with E-state index in [9.17, 15) is 117 Å². The molecule has 48 nitrogen and oxygen atoms in total. The average molecular weight is 1940 g/mol. The van der Waals surface area contributed by atoms with Gasteiger partial charge in [-0.3, -0.25) is 102 Å². The normalized spacial score (nSPS) is 17.2. The fraction of sp³-hybridized carbons (Fsp3) is 0.602. The minimum atomic E-state index is -2.02. The number of nitrogens with zero attached hydrogens (tertiary/aromatic N) is 2. The van der Waals surface area contributed by atoms with Crippen molar-refractivity contribution < 1.29 is 117 Å². The quantitative estimate of drug-likeness (QED) is 0.0127. The number of carboxylic acids is 2. The minimum absolute atomic E-state index is 0.00901. The number of aromatic hydroxyl groups is 1. The van der Waals surface area contributed by atoms with Gasteiger partial charge in [-0.25, -0.2) is 0 Å². The summed E-state index contributed by atoms with van der Waals surface area (Å²) in [5.74, 6) is -23.2. The molecule has 2 aliphatic rings. The Hall–Kier alpha value is -12.4. The number of nitrogens with two attached hydrogens (primary N) is 4. The number of thiol groups is 3.